The molecule has 0 atom stereocenters. The summed E-state index contributed by atoms with van der Waals surface area (Å²) in [6, 6.07) is 9.71. The Hall–Kier alpha value is -3.87. The number of H-pyrrole nitrogens is 1. The molecule has 2 N–H and O–H groups in total. The molecule has 29 heavy (non-hydrogen) atoms. The van der Waals surface area contributed by atoms with Gasteiger partial charge in [0.1, 0.15) is 0 Å². The number of anilines is 1. The SMILES string of the molecule is C=Cc1c(CN(C)C(=O)C=Cc2cnc3c(c2)OCC(=O)N3)[nH]c2ccccc12. The summed E-state index contributed by atoms with van der Waals surface area (Å²) in [6.45, 7) is 4.28. The van der Waals surface area contributed by atoms with Gasteiger partial charge in [0.15, 0.2) is 18.2 Å². The summed E-state index contributed by atoms with van der Waals surface area (Å²) in [6.07, 6.45) is 6.54. The monoisotopic (exact) mass is 388 g/mol. The van der Waals surface area contributed by atoms with Crippen molar-refractivity contribution in [1.29, 1.82) is 0 Å². The number of carbonyl (C=O) groups excluding carboxylic acids is 2. The normalized spacial score (nSPS) is 13.1. The maximum Gasteiger partial charge on any atom is 0.263 e. The van der Waals surface area contributed by atoms with Crippen molar-refractivity contribution in [3.8, 4) is 5.75 Å². The minimum Gasteiger partial charge on any atom is -0.480 e. The molecule has 2 amide bonds. The number of rotatable bonds is 5. The molecule has 0 saturated heterocycles. The number of aromatic amines is 1. The van der Waals surface area contributed by atoms with Crippen LogP contribution in [0.1, 0.15) is 16.8 Å². The third-order valence-electron chi connectivity index (χ3n) is 4.71. The third-order valence-corrected chi connectivity index (χ3v) is 4.71. The van der Waals surface area contributed by atoms with Crippen LogP contribution in [0.25, 0.3) is 23.1 Å². The van der Waals surface area contributed by atoms with E-state index in [0.717, 1.165) is 22.2 Å². The number of nitrogens with one attached hydrogen (secondary N) is 2. The van der Waals surface area contributed by atoms with Crippen molar-refractivity contribution in [3.63, 3.8) is 0 Å². The van der Waals surface area contributed by atoms with Crippen molar-refractivity contribution in [2.24, 2.45) is 0 Å². The summed E-state index contributed by atoms with van der Waals surface area (Å²) in [7, 11) is 1.74. The first-order chi connectivity index (χ1) is 14.0. The van der Waals surface area contributed by atoms with Gasteiger partial charge < -0.3 is 19.9 Å². The Morgan fingerprint density at radius 2 is 2.21 bits per heavy atom. The summed E-state index contributed by atoms with van der Waals surface area (Å²) in [5.74, 6) is 0.491. The van der Waals surface area contributed by atoms with Crippen LogP contribution in [0.3, 0.4) is 0 Å². The number of fused-ring (bicyclic) bond motifs is 2. The van der Waals surface area contributed by atoms with Gasteiger partial charge in [-0.1, -0.05) is 30.9 Å². The second-order valence-electron chi connectivity index (χ2n) is 6.75. The van der Waals surface area contributed by atoms with Crippen LogP contribution in [-0.4, -0.2) is 40.3 Å². The Morgan fingerprint density at radius 3 is 3.03 bits per heavy atom. The van der Waals surface area contributed by atoms with Gasteiger partial charge in [0.05, 0.1) is 6.54 Å². The Bertz CT molecular complexity index is 1150. The van der Waals surface area contributed by atoms with Gasteiger partial charge >= 0.3 is 0 Å². The van der Waals surface area contributed by atoms with Crippen LogP contribution in [0, 0.1) is 0 Å². The number of hydrogen-bond donors (Lipinski definition) is 2. The summed E-state index contributed by atoms with van der Waals surface area (Å²) in [4.78, 5) is 33.0. The largest absolute Gasteiger partial charge is 0.480 e. The van der Waals surface area contributed by atoms with Crippen molar-refractivity contribution in [3.05, 3.63) is 66.0 Å². The quantitative estimate of drug-likeness (QED) is 0.657. The maximum atomic E-state index is 12.6. The van der Waals surface area contributed by atoms with Crippen molar-refractivity contribution in [2.45, 2.75) is 6.54 Å². The summed E-state index contributed by atoms with van der Waals surface area (Å²) in [5, 5.41) is 3.72. The Kier molecular flexibility index (Phi) is 4.87. The predicted molar refractivity (Wildman–Crippen MR) is 112 cm³/mol. The zero-order valence-electron chi connectivity index (χ0n) is 15.9. The van der Waals surface area contributed by atoms with Crippen LogP contribution in [-0.2, 0) is 16.1 Å². The lowest BCUT2D eigenvalue weighted by Crippen LogP contribution is -2.26. The van der Waals surface area contributed by atoms with E-state index in [0.29, 0.717) is 23.7 Å². The second kappa shape index (κ2) is 7.63. The highest BCUT2D eigenvalue weighted by molar-refractivity contribution is 5.95. The molecule has 7 heteroatoms. The fraction of sp³-hybridized carbons (Fsp3) is 0.136. The molecule has 146 valence electrons. The highest BCUT2D eigenvalue weighted by atomic mass is 16.5. The van der Waals surface area contributed by atoms with Crippen molar-refractivity contribution >= 4 is 40.7 Å². The van der Waals surface area contributed by atoms with E-state index in [-0.39, 0.29) is 18.4 Å². The smallest absolute Gasteiger partial charge is 0.263 e. The second-order valence-corrected chi connectivity index (χ2v) is 6.75. The maximum absolute atomic E-state index is 12.6. The van der Waals surface area contributed by atoms with E-state index in [1.807, 2.05) is 24.3 Å². The van der Waals surface area contributed by atoms with E-state index in [9.17, 15) is 9.59 Å². The average molecular weight is 388 g/mol. The summed E-state index contributed by atoms with van der Waals surface area (Å²) >= 11 is 0. The van der Waals surface area contributed by atoms with Crippen molar-refractivity contribution in [1.82, 2.24) is 14.9 Å². The van der Waals surface area contributed by atoms with Gasteiger partial charge in [-0.05, 0) is 23.8 Å². The standard InChI is InChI=1S/C22H20N4O3/c1-3-15-16-6-4-5-7-17(16)24-18(15)12-26(2)21(28)9-8-14-10-19-22(23-11-14)25-20(27)13-29-19/h3-11,24H,1,12-13H2,2H3,(H,23,25,27). The Labute approximate surface area is 167 Å². The van der Waals surface area contributed by atoms with E-state index in [1.165, 1.54) is 6.08 Å². The number of aromatic nitrogens is 2. The molecule has 1 aliphatic heterocycles. The molecule has 4 rings (SSSR count). The van der Waals surface area contributed by atoms with Gasteiger partial charge in [0.2, 0.25) is 5.91 Å². The molecule has 1 aromatic carbocycles. The molecule has 0 aliphatic carbocycles. The van der Waals surface area contributed by atoms with Crippen LogP contribution < -0.4 is 10.1 Å². The van der Waals surface area contributed by atoms with Crippen LogP contribution in [0.5, 0.6) is 5.75 Å². The Balaban J connectivity index is 1.47. The van der Waals surface area contributed by atoms with Gasteiger partial charge in [-0.2, -0.15) is 0 Å². The molecule has 0 saturated carbocycles. The first-order valence-electron chi connectivity index (χ1n) is 9.13. The molecule has 0 spiro atoms. The fourth-order valence-electron chi connectivity index (χ4n) is 3.25. The molecule has 3 heterocycles. The van der Waals surface area contributed by atoms with Crippen LogP contribution in [0.4, 0.5) is 5.82 Å². The van der Waals surface area contributed by atoms with E-state index in [2.05, 4.69) is 21.9 Å². The molecule has 3 aromatic rings. The van der Waals surface area contributed by atoms with Gasteiger partial charge in [-0.15, -0.1) is 0 Å². The number of carbonyl (C=O) groups is 2. The first-order valence-corrected chi connectivity index (χ1v) is 9.13. The number of hydrogen-bond acceptors (Lipinski definition) is 4. The number of amides is 2. The van der Waals surface area contributed by atoms with Gasteiger partial charge in [-0.3, -0.25) is 9.59 Å². The Morgan fingerprint density at radius 1 is 1.38 bits per heavy atom. The summed E-state index contributed by atoms with van der Waals surface area (Å²) < 4.78 is 5.35. The lowest BCUT2D eigenvalue weighted by Gasteiger charge is -2.17. The molecule has 0 fully saturated rings. The number of nitrogens with zero attached hydrogens (tertiary/aromatic N) is 2. The minimum atomic E-state index is -0.235. The number of ether oxygens (including phenoxy) is 1. The molecule has 1 aliphatic rings. The van der Waals surface area contributed by atoms with Crippen LogP contribution in [0.2, 0.25) is 0 Å². The van der Waals surface area contributed by atoms with E-state index in [4.69, 9.17) is 4.74 Å². The number of likely N-dealkylation sites (N-methyl/N-ethyl adjacent to an activating group) is 1. The fourth-order valence-corrected chi connectivity index (χ4v) is 3.25. The molecule has 0 radical (unpaired) electrons. The highest BCUT2D eigenvalue weighted by Gasteiger charge is 2.17. The lowest BCUT2D eigenvalue weighted by molar-refractivity contribution is -0.125. The van der Waals surface area contributed by atoms with E-state index < -0.39 is 0 Å². The first kappa shape index (κ1) is 18.5. The number of benzene rings is 1. The molecule has 0 bridgehead atoms. The van der Waals surface area contributed by atoms with E-state index in [1.54, 1.807) is 36.4 Å². The van der Waals surface area contributed by atoms with Gasteiger partial charge in [-0.25, -0.2) is 4.98 Å². The summed E-state index contributed by atoms with van der Waals surface area (Å²) in [5.41, 5.74) is 3.66. The molecule has 0 unspecified atom stereocenters. The van der Waals surface area contributed by atoms with Crippen molar-refractivity contribution < 1.29 is 14.3 Å². The molecular formula is C22H20N4O3. The van der Waals surface area contributed by atoms with Crippen LogP contribution >= 0.6 is 0 Å². The van der Waals surface area contributed by atoms with Crippen LogP contribution in [0.15, 0.2) is 49.2 Å². The third kappa shape index (κ3) is 3.75. The van der Waals surface area contributed by atoms with Gasteiger partial charge in [0.25, 0.3) is 5.91 Å². The molecule has 7 nitrogen and oxygen atoms in total. The molecule has 2 aromatic heterocycles. The topological polar surface area (TPSA) is 87.3 Å². The zero-order chi connectivity index (χ0) is 20.4. The molecular weight excluding hydrogens is 368 g/mol. The lowest BCUT2D eigenvalue weighted by atomic mass is 10.1. The number of pyridine rings is 1. The average Bonchev–Trinajstić information content (AvgIpc) is 3.08. The minimum absolute atomic E-state index is 0.0420. The highest BCUT2D eigenvalue weighted by Crippen LogP contribution is 2.26. The van der Waals surface area contributed by atoms with Gasteiger partial charge in [0, 0.05) is 41.5 Å². The van der Waals surface area contributed by atoms with Crippen molar-refractivity contribution in [2.75, 3.05) is 19.0 Å². The number of para-hydroxylation sites is 1. The predicted octanol–water partition coefficient (Wildman–Crippen LogP) is 3.21. The van der Waals surface area contributed by atoms with E-state index >= 15 is 0 Å². The zero-order valence-corrected chi connectivity index (χ0v) is 15.9.